The van der Waals surface area contributed by atoms with Gasteiger partial charge < -0.3 is 24.3 Å². The Labute approximate surface area is 187 Å². The van der Waals surface area contributed by atoms with E-state index in [-0.39, 0.29) is 39.1 Å². The standard InChI is InChI=1S/C21H23F2NO7S/c1-6-29-20(27)16-11(4)15(19(26)30-10(2)3)18(32-16)24-17(25)12-7-8-13(31-21(22)23)14(9-12)28-5/h7-10,21H,6H2,1-5H3,(H,24,25). The van der Waals surface area contributed by atoms with Crippen molar-refractivity contribution < 1.29 is 42.1 Å². The predicted molar refractivity (Wildman–Crippen MR) is 113 cm³/mol. The fourth-order valence-electron chi connectivity index (χ4n) is 2.69. The summed E-state index contributed by atoms with van der Waals surface area (Å²) in [5, 5.41) is 2.67. The third-order valence-corrected chi connectivity index (χ3v) is 5.21. The molecule has 0 saturated carbocycles. The molecule has 0 spiro atoms. The summed E-state index contributed by atoms with van der Waals surface area (Å²) in [5.74, 6) is -2.33. The van der Waals surface area contributed by atoms with Gasteiger partial charge in [-0.3, -0.25) is 4.79 Å². The zero-order valence-corrected chi connectivity index (χ0v) is 18.9. The normalized spacial score (nSPS) is 10.8. The summed E-state index contributed by atoms with van der Waals surface area (Å²) in [5.41, 5.74) is 0.396. The second-order valence-electron chi connectivity index (χ2n) is 6.63. The minimum absolute atomic E-state index is 0.0321. The van der Waals surface area contributed by atoms with Gasteiger partial charge in [0.25, 0.3) is 5.91 Å². The molecule has 11 heteroatoms. The van der Waals surface area contributed by atoms with Crippen LogP contribution in [0.4, 0.5) is 13.8 Å². The second kappa shape index (κ2) is 10.9. The van der Waals surface area contributed by atoms with Gasteiger partial charge in [0.15, 0.2) is 11.5 Å². The fourth-order valence-corrected chi connectivity index (χ4v) is 3.77. The molecule has 0 unspecified atom stereocenters. The molecule has 1 amide bonds. The van der Waals surface area contributed by atoms with Crippen LogP contribution >= 0.6 is 11.3 Å². The van der Waals surface area contributed by atoms with Crippen LogP contribution in [0, 0.1) is 6.92 Å². The Kier molecular flexibility index (Phi) is 8.53. The van der Waals surface area contributed by atoms with Crippen LogP contribution in [0.5, 0.6) is 11.5 Å². The Bertz CT molecular complexity index is 1000. The van der Waals surface area contributed by atoms with Crippen molar-refractivity contribution in [3.8, 4) is 11.5 Å². The van der Waals surface area contributed by atoms with Crippen LogP contribution in [0.3, 0.4) is 0 Å². The van der Waals surface area contributed by atoms with E-state index in [1.165, 1.54) is 19.2 Å². The number of ether oxygens (including phenoxy) is 4. The monoisotopic (exact) mass is 471 g/mol. The molecule has 1 heterocycles. The van der Waals surface area contributed by atoms with Crippen molar-refractivity contribution in [1.29, 1.82) is 0 Å². The summed E-state index contributed by atoms with van der Waals surface area (Å²) < 4.78 is 44.6. The predicted octanol–water partition coefficient (Wildman–Crippen LogP) is 4.66. The lowest BCUT2D eigenvalue weighted by Crippen LogP contribution is -2.17. The first-order chi connectivity index (χ1) is 15.1. The number of methoxy groups -OCH3 is 1. The molecule has 174 valence electrons. The first-order valence-corrected chi connectivity index (χ1v) is 10.4. The van der Waals surface area contributed by atoms with Gasteiger partial charge in [0.2, 0.25) is 0 Å². The van der Waals surface area contributed by atoms with Crippen LogP contribution in [0.25, 0.3) is 0 Å². The Morgan fingerprint density at radius 3 is 2.38 bits per heavy atom. The van der Waals surface area contributed by atoms with Crippen molar-refractivity contribution in [3.63, 3.8) is 0 Å². The molecule has 0 bridgehead atoms. The molecular weight excluding hydrogens is 448 g/mol. The maximum atomic E-state index is 12.8. The van der Waals surface area contributed by atoms with E-state index in [9.17, 15) is 23.2 Å². The molecule has 1 N–H and O–H groups in total. The summed E-state index contributed by atoms with van der Waals surface area (Å²) in [7, 11) is 1.24. The first kappa shape index (κ1) is 25.1. The number of carbonyl (C=O) groups excluding carboxylic acids is 3. The summed E-state index contributed by atoms with van der Waals surface area (Å²) >= 11 is 0.872. The molecule has 2 rings (SSSR count). The topological polar surface area (TPSA) is 100 Å². The molecule has 0 radical (unpaired) electrons. The van der Waals surface area contributed by atoms with E-state index >= 15 is 0 Å². The van der Waals surface area contributed by atoms with Crippen molar-refractivity contribution >= 4 is 34.2 Å². The molecule has 32 heavy (non-hydrogen) atoms. The number of amides is 1. The number of nitrogens with one attached hydrogen (secondary N) is 1. The zero-order valence-electron chi connectivity index (χ0n) is 18.1. The number of anilines is 1. The Hall–Kier alpha value is -3.21. The number of hydrogen-bond acceptors (Lipinski definition) is 8. The van der Waals surface area contributed by atoms with Gasteiger partial charge in [0.1, 0.15) is 9.88 Å². The van der Waals surface area contributed by atoms with E-state index in [4.69, 9.17) is 14.2 Å². The SMILES string of the molecule is CCOC(=O)c1sc(NC(=O)c2ccc(OC(F)F)c(OC)c2)c(C(=O)OC(C)C)c1C. The third kappa shape index (κ3) is 5.94. The van der Waals surface area contributed by atoms with Crippen LogP contribution in [-0.4, -0.2) is 44.3 Å². The number of hydrogen-bond donors (Lipinski definition) is 1. The molecule has 8 nitrogen and oxygen atoms in total. The fraction of sp³-hybridized carbons (Fsp3) is 0.381. The van der Waals surface area contributed by atoms with E-state index in [0.717, 1.165) is 17.4 Å². The van der Waals surface area contributed by atoms with E-state index < -0.39 is 30.6 Å². The lowest BCUT2D eigenvalue weighted by molar-refractivity contribution is -0.0512. The summed E-state index contributed by atoms with van der Waals surface area (Å²) in [6.07, 6.45) is -0.428. The van der Waals surface area contributed by atoms with Crippen molar-refractivity contribution in [2.24, 2.45) is 0 Å². The van der Waals surface area contributed by atoms with E-state index in [0.29, 0.717) is 5.56 Å². The van der Waals surface area contributed by atoms with Crippen molar-refractivity contribution in [3.05, 3.63) is 39.8 Å². The number of thiophene rings is 1. The molecule has 0 atom stereocenters. The molecular formula is C21H23F2NO7S. The smallest absolute Gasteiger partial charge is 0.387 e. The summed E-state index contributed by atoms with van der Waals surface area (Å²) in [4.78, 5) is 37.9. The first-order valence-electron chi connectivity index (χ1n) is 9.54. The third-order valence-electron chi connectivity index (χ3n) is 4.02. The highest BCUT2D eigenvalue weighted by molar-refractivity contribution is 7.18. The maximum Gasteiger partial charge on any atom is 0.387 e. The second-order valence-corrected chi connectivity index (χ2v) is 7.65. The van der Waals surface area contributed by atoms with E-state index in [1.807, 2.05) is 0 Å². The van der Waals surface area contributed by atoms with Crippen molar-refractivity contribution in [2.45, 2.75) is 40.4 Å². The number of alkyl halides is 2. The van der Waals surface area contributed by atoms with E-state index in [2.05, 4.69) is 10.1 Å². The molecule has 1 aromatic heterocycles. The molecule has 1 aromatic carbocycles. The Morgan fingerprint density at radius 2 is 1.81 bits per heavy atom. The molecule has 2 aromatic rings. The van der Waals surface area contributed by atoms with Gasteiger partial charge in [-0.05, 0) is 51.5 Å². The van der Waals surface area contributed by atoms with Crippen LogP contribution < -0.4 is 14.8 Å². The van der Waals surface area contributed by atoms with Crippen LogP contribution in [0.2, 0.25) is 0 Å². The lowest BCUT2D eigenvalue weighted by atomic mass is 10.1. The Balaban J connectivity index is 2.42. The number of halogens is 2. The van der Waals surface area contributed by atoms with Gasteiger partial charge in [-0.2, -0.15) is 8.78 Å². The van der Waals surface area contributed by atoms with Gasteiger partial charge in [0, 0.05) is 5.56 Å². The molecule has 0 aliphatic carbocycles. The minimum atomic E-state index is -3.06. The summed E-state index contributed by atoms with van der Waals surface area (Å²) in [6, 6.07) is 3.64. The molecule has 0 saturated heterocycles. The highest BCUT2D eigenvalue weighted by atomic mass is 32.1. The molecule has 0 aliphatic heterocycles. The molecule has 0 aliphatic rings. The number of rotatable bonds is 9. The number of carbonyl (C=O) groups is 3. The largest absolute Gasteiger partial charge is 0.493 e. The van der Waals surface area contributed by atoms with Crippen LogP contribution in [0.15, 0.2) is 18.2 Å². The quantitative estimate of drug-likeness (QED) is 0.531. The van der Waals surface area contributed by atoms with Crippen LogP contribution in [-0.2, 0) is 9.47 Å². The average Bonchev–Trinajstić information content (AvgIpc) is 3.03. The highest BCUT2D eigenvalue weighted by Gasteiger charge is 2.28. The van der Waals surface area contributed by atoms with Crippen molar-refractivity contribution in [2.75, 3.05) is 19.0 Å². The zero-order chi connectivity index (χ0) is 24.0. The highest BCUT2D eigenvalue weighted by Crippen LogP contribution is 2.35. The Morgan fingerprint density at radius 1 is 1.12 bits per heavy atom. The maximum absolute atomic E-state index is 12.8. The molecule has 0 fully saturated rings. The van der Waals surface area contributed by atoms with Crippen molar-refractivity contribution in [1.82, 2.24) is 0 Å². The van der Waals surface area contributed by atoms with Gasteiger partial charge >= 0.3 is 18.6 Å². The van der Waals surface area contributed by atoms with Gasteiger partial charge in [-0.15, -0.1) is 11.3 Å². The van der Waals surface area contributed by atoms with Gasteiger partial charge in [-0.25, -0.2) is 9.59 Å². The van der Waals surface area contributed by atoms with Gasteiger partial charge in [-0.1, -0.05) is 0 Å². The number of benzene rings is 1. The average molecular weight is 471 g/mol. The van der Waals surface area contributed by atoms with Crippen LogP contribution in [0.1, 0.15) is 56.7 Å². The summed E-state index contributed by atoms with van der Waals surface area (Å²) in [6.45, 7) is 3.60. The lowest BCUT2D eigenvalue weighted by Gasteiger charge is -2.12. The van der Waals surface area contributed by atoms with Gasteiger partial charge in [0.05, 0.1) is 25.4 Å². The minimum Gasteiger partial charge on any atom is -0.493 e. The van der Waals surface area contributed by atoms with E-state index in [1.54, 1.807) is 27.7 Å². The number of esters is 2.